The minimum Gasteiger partial charge on any atom is -0.308 e. The molecule has 0 saturated carbocycles. The number of aryl methyl sites for hydroxylation is 1. The van der Waals surface area contributed by atoms with Gasteiger partial charge in [-0.25, -0.2) is 18.2 Å². The van der Waals surface area contributed by atoms with Crippen molar-refractivity contribution in [3.63, 3.8) is 0 Å². The number of halogens is 1. The van der Waals surface area contributed by atoms with Gasteiger partial charge in [-0.15, -0.1) is 0 Å². The summed E-state index contributed by atoms with van der Waals surface area (Å²) >= 11 is 0. The van der Waals surface area contributed by atoms with E-state index in [1.807, 2.05) is 0 Å². The van der Waals surface area contributed by atoms with Crippen molar-refractivity contribution in [2.75, 3.05) is 10.6 Å². The first-order valence-electron chi connectivity index (χ1n) is 5.90. The van der Waals surface area contributed by atoms with Gasteiger partial charge in [0.25, 0.3) is 9.05 Å². The number of nitrogens with one attached hydrogen (secondary N) is 2. The molecule has 0 aliphatic heterocycles. The van der Waals surface area contributed by atoms with Crippen molar-refractivity contribution in [1.29, 1.82) is 0 Å². The summed E-state index contributed by atoms with van der Waals surface area (Å²) in [6.07, 6.45) is 1.56. The molecule has 2 aromatic rings. The van der Waals surface area contributed by atoms with Gasteiger partial charge in [-0.2, -0.15) is 0 Å². The number of pyridine rings is 1. The summed E-state index contributed by atoms with van der Waals surface area (Å²) < 4.78 is 22.6. The van der Waals surface area contributed by atoms with Crippen LogP contribution in [0.3, 0.4) is 0 Å². The number of amides is 2. The van der Waals surface area contributed by atoms with Crippen molar-refractivity contribution in [3.05, 3.63) is 48.2 Å². The molecule has 0 saturated heterocycles. The molecule has 0 unspecified atom stereocenters. The molecule has 6 nitrogen and oxygen atoms in total. The molecule has 1 aromatic heterocycles. The summed E-state index contributed by atoms with van der Waals surface area (Å²) in [6.45, 7) is 1.59. The van der Waals surface area contributed by atoms with Crippen molar-refractivity contribution in [3.8, 4) is 0 Å². The quantitative estimate of drug-likeness (QED) is 0.849. The number of carbonyl (C=O) groups is 1. The van der Waals surface area contributed by atoms with E-state index in [1.54, 1.807) is 31.3 Å². The fraction of sp³-hybridized carbons (Fsp3) is 0.0769. The lowest BCUT2D eigenvalue weighted by molar-refractivity contribution is 0.262. The fourth-order valence-corrected chi connectivity index (χ4v) is 2.91. The van der Waals surface area contributed by atoms with Crippen LogP contribution in [-0.2, 0) is 9.05 Å². The topological polar surface area (TPSA) is 88.2 Å². The van der Waals surface area contributed by atoms with E-state index >= 15 is 0 Å². The standard InChI is InChI=1S/C13H12ClN3O3S/c1-9-8-10(5-6-11(9)21(14,19)20)16-13(18)17-12-4-2-3-7-15-12/h2-8H,1H3,(H2,15,16,17,18). The molecule has 0 aliphatic carbocycles. The Bertz CT molecular complexity index is 763. The van der Waals surface area contributed by atoms with Crippen molar-refractivity contribution < 1.29 is 13.2 Å². The lowest BCUT2D eigenvalue weighted by Gasteiger charge is -2.09. The van der Waals surface area contributed by atoms with E-state index in [-0.39, 0.29) is 4.90 Å². The van der Waals surface area contributed by atoms with Gasteiger partial charge in [-0.3, -0.25) is 5.32 Å². The van der Waals surface area contributed by atoms with E-state index in [0.29, 0.717) is 17.1 Å². The minimum atomic E-state index is -3.79. The van der Waals surface area contributed by atoms with Gasteiger partial charge >= 0.3 is 6.03 Å². The SMILES string of the molecule is Cc1cc(NC(=O)Nc2ccccn2)ccc1S(=O)(=O)Cl. The molecular formula is C13H12ClN3O3S. The van der Waals surface area contributed by atoms with Gasteiger partial charge in [0.1, 0.15) is 5.82 Å². The zero-order valence-corrected chi connectivity index (χ0v) is 12.6. The maximum absolute atomic E-state index is 11.8. The molecule has 1 aromatic carbocycles. The lowest BCUT2D eigenvalue weighted by Crippen LogP contribution is -2.20. The number of hydrogen-bond donors (Lipinski definition) is 2. The van der Waals surface area contributed by atoms with E-state index in [9.17, 15) is 13.2 Å². The Morgan fingerprint density at radius 2 is 1.95 bits per heavy atom. The highest BCUT2D eigenvalue weighted by Crippen LogP contribution is 2.22. The van der Waals surface area contributed by atoms with Crippen LogP contribution in [0.5, 0.6) is 0 Å². The molecule has 8 heteroatoms. The first-order valence-corrected chi connectivity index (χ1v) is 8.21. The number of anilines is 2. The first-order chi connectivity index (χ1) is 9.86. The van der Waals surface area contributed by atoms with Gasteiger partial charge in [-0.1, -0.05) is 6.07 Å². The van der Waals surface area contributed by atoms with Crippen LogP contribution < -0.4 is 10.6 Å². The average molecular weight is 326 g/mol. The Morgan fingerprint density at radius 3 is 2.52 bits per heavy atom. The largest absolute Gasteiger partial charge is 0.324 e. The summed E-state index contributed by atoms with van der Waals surface area (Å²) in [7, 11) is 1.50. The van der Waals surface area contributed by atoms with E-state index in [1.165, 1.54) is 18.2 Å². The number of urea groups is 1. The van der Waals surface area contributed by atoms with Crippen molar-refractivity contribution in [2.24, 2.45) is 0 Å². The summed E-state index contributed by atoms with van der Waals surface area (Å²) in [5.41, 5.74) is 0.894. The van der Waals surface area contributed by atoms with E-state index < -0.39 is 15.1 Å². The van der Waals surface area contributed by atoms with Gasteiger partial charge in [-0.05, 0) is 42.8 Å². The molecule has 2 rings (SSSR count). The second kappa shape index (κ2) is 6.11. The number of carbonyl (C=O) groups excluding carboxylic acids is 1. The predicted molar refractivity (Wildman–Crippen MR) is 81.1 cm³/mol. The molecule has 0 bridgehead atoms. The summed E-state index contributed by atoms with van der Waals surface area (Å²) in [4.78, 5) is 15.7. The van der Waals surface area contributed by atoms with Gasteiger partial charge in [0, 0.05) is 22.6 Å². The Labute approximate surface area is 126 Å². The maximum Gasteiger partial charge on any atom is 0.324 e. The Balaban J connectivity index is 2.10. The maximum atomic E-state index is 11.8. The highest BCUT2D eigenvalue weighted by molar-refractivity contribution is 8.13. The van der Waals surface area contributed by atoms with Crippen LogP contribution in [0.4, 0.5) is 16.3 Å². The molecule has 2 N–H and O–H groups in total. The number of aromatic nitrogens is 1. The average Bonchev–Trinajstić information content (AvgIpc) is 2.38. The van der Waals surface area contributed by atoms with E-state index in [4.69, 9.17) is 10.7 Å². The number of hydrogen-bond acceptors (Lipinski definition) is 4. The molecule has 21 heavy (non-hydrogen) atoms. The number of nitrogens with zero attached hydrogens (tertiary/aromatic N) is 1. The van der Waals surface area contributed by atoms with Crippen LogP contribution in [-0.4, -0.2) is 19.4 Å². The summed E-state index contributed by atoms with van der Waals surface area (Å²) in [6, 6.07) is 8.97. The van der Waals surface area contributed by atoms with Crippen LogP contribution >= 0.6 is 10.7 Å². The zero-order valence-electron chi connectivity index (χ0n) is 11.0. The first kappa shape index (κ1) is 15.3. The summed E-state index contributed by atoms with van der Waals surface area (Å²) in [5.74, 6) is 0.409. The van der Waals surface area contributed by atoms with E-state index in [2.05, 4.69) is 15.6 Å². The zero-order chi connectivity index (χ0) is 15.5. The second-order valence-corrected chi connectivity index (χ2v) is 6.75. The summed E-state index contributed by atoms with van der Waals surface area (Å²) in [5, 5.41) is 5.13. The molecule has 0 fully saturated rings. The smallest absolute Gasteiger partial charge is 0.308 e. The van der Waals surface area contributed by atoms with Crippen LogP contribution in [0.2, 0.25) is 0 Å². The predicted octanol–water partition coefficient (Wildman–Crippen LogP) is 2.96. The van der Waals surface area contributed by atoms with Crippen molar-refractivity contribution >= 4 is 37.3 Å². The molecule has 0 radical (unpaired) electrons. The van der Waals surface area contributed by atoms with Crippen molar-refractivity contribution in [2.45, 2.75) is 11.8 Å². The molecular weight excluding hydrogens is 314 g/mol. The third kappa shape index (κ3) is 4.17. The van der Waals surface area contributed by atoms with Gasteiger partial charge < -0.3 is 5.32 Å². The van der Waals surface area contributed by atoms with Gasteiger partial charge in [0.15, 0.2) is 0 Å². The third-order valence-electron chi connectivity index (χ3n) is 2.60. The van der Waals surface area contributed by atoms with Gasteiger partial charge in [0.2, 0.25) is 0 Å². The van der Waals surface area contributed by atoms with Crippen LogP contribution in [0.25, 0.3) is 0 Å². The molecule has 110 valence electrons. The molecule has 0 aliphatic rings. The number of rotatable bonds is 3. The van der Waals surface area contributed by atoms with Crippen LogP contribution in [0, 0.1) is 6.92 Å². The Morgan fingerprint density at radius 1 is 1.19 bits per heavy atom. The highest BCUT2D eigenvalue weighted by Gasteiger charge is 2.14. The highest BCUT2D eigenvalue weighted by atomic mass is 35.7. The Hall–Kier alpha value is -2.12. The number of benzene rings is 1. The van der Waals surface area contributed by atoms with Crippen LogP contribution in [0.15, 0.2) is 47.5 Å². The van der Waals surface area contributed by atoms with Crippen LogP contribution in [0.1, 0.15) is 5.56 Å². The van der Waals surface area contributed by atoms with E-state index in [0.717, 1.165) is 0 Å². The third-order valence-corrected chi connectivity index (χ3v) is 4.08. The molecule has 1 heterocycles. The lowest BCUT2D eigenvalue weighted by atomic mass is 10.2. The second-order valence-electron chi connectivity index (χ2n) is 4.21. The fourth-order valence-electron chi connectivity index (χ4n) is 1.72. The molecule has 0 spiro atoms. The van der Waals surface area contributed by atoms with Crippen molar-refractivity contribution in [1.82, 2.24) is 4.98 Å². The molecule has 2 amide bonds. The minimum absolute atomic E-state index is 0.0138. The Kier molecular flexibility index (Phi) is 4.44. The normalized spacial score (nSPS) is 11.0. The monoisotopic (exact) mass is 325 g/mol. The van der Waals surface area contributed by atoms with Gasteiger partial charge in [0.05, 0.1) is 4.90 Å². The molecule has 0 atom stereocenters.